The van der Waals surface area contributed by atoms with Gasteiger partial charge in [0.2, 0.25) is 0 Å². The molecule has 5 heteroatoms. The molecule has 0 aliphatic heterocycles. The number of rotatable bonds is 3. The molecular weight excluding hydrogens is 170 g/mol. The van der Waals surface area contributed by atoms with Gasteiger partial charge in [0.1, 0.15) is 0 Å². The number of methoxy groups -OCH3 is 1. The SMILES string of the molecule is COC(=O)C1(OC(F)F)CCC1. The minimum absolute atomic E-state index is 0.323. The van der Waals surface area contributed by atoms with E-state index < -0.39 is 18.2 Å². The Bertz CT molecular complexity index is 177. The van der Waals surface area contributed by atoms with Gasteiger partial charge in [-0.1, -0.05) is 0 Å². The van der Waals surface area contributed by atoms with E-state index in [1.165, 1.54) is 0 Å². The molecule has 12 heavy (non-hydrogen) atoms. The van der Waals surface area contributed by atoms with E-state index in [-0.39, 0.29) is 0 Å². The fraction of sp³-hybridized carbons (Fsp3) is 0.857. The van der Waals surface area contributed by atoms with Crippen LogP contribution in [0.15, 0.2) is 0 Å². The molecule has 1 aliphatic carbocycles. The van der Waals surface area contributed by atoms with Crippen LogP contribution in [0.5, 0.6) is 0 Å². The summed E-state index contributed by atoms with van der Waals surface area (Å²) >= 11 is 0. The third-order valence-electron chi connectivity index (χ3n) is 2.03. The number of carbonyl (C=O) groups excluding carboxylic acids is 1. The second-order valence-corrected chi connectivity index (χ2v) is 2.72. The van der Waals surface area contributed by atoms with Crippen molar-refractivity contribution in [3.63, 3.8) is 0 Å². The Morgan fingerprint density at radius 2 is 2.08 bits per heavy atom. The monoisotopic (exact) mass is 180 g/mol. The molecule has 0 heterocycles. The van der Waals surface area contributed by atoms with E-state index in [4.69, 9.17) is 0 Å². The summed E-state index contributed by atoms with van der Waals surface area (Å²) in [6.07, 6.45) is 1.37. The minimum atomic E-state index is -2.91. The fourth-order valence-electron chi connectivity index (χ4n) is 1.22. The van der Waals surface area contributed by atoms with Crippen LogP contribution >= 0.6 is 0 Å². The zero-order valence-corrected chi connectivity index (χ0v) is 6.68. The highest BCUT2D eigenvalue weighted by Crippen LogP contribution is 2.37. The number of esters is 1. The van der Waals surface area contributed by atoms with Crippen molar-refractivity contribution in [2.24, 2.45) is 0 Å². The highest BCUT2D eigenvalue weighted by Gasteiger charge is 2.48. The van der Waals surface area contributed by atoms with Gasteiger partial charge in [0.25, 0.3) is 0 Å². The van der Waals surface area contributed by atoms with Crippen LogP contribution in [0.2, 0.25) is 0 Å². The number of hydrogen-bond donors (Lipinski definition) is 0. The molecule has 0 aromatic heterocycles. The van der Waals surface area contributed by atoms with Crippen LogP contribution in [0.25, 0.3) is 0 Å². The van der Waals surface area contributed by atoms with Crippen LogP contribution in [-0.2, 0) is 14.3 Å². The number of carbonyl (C=O) groups is 1. The Balaban J connectivity index is 2.56. The summed E-state index contributed by atoms with van der Waals surface area (Å²) in [4.78, 5) is 11.0. The Morgan fingerprint density at radius 3 is 2.33 bits per heavy atom. The topological polar surface area (TPSA) is 35.5 Å². The molecule has 1 aliphatic rings. The first kappa shape index (κ1) is 9.38. The van der Waals surface area contributed by atoms with Crippen LogP contribution in [0.1, 0.15) is 19.3 Å². The van der Waals surface area contributed by atoms with Gasteiger partial charge in [-0.2, -0.15) is 8.78 Å². The zero-order valence-electron chi connectivity index (χ0n) is 6.68. The van der Waals surface area contributed by atoms with Crippen molar-refractivity contribution in [2.75, 3.05) is 7.11 Å². The van der Waals surface area contributed by atoms with E-state index in [1.54, 1.807) is 0 Å². The van der Waals surface area contributed by atoms with Gasteiger partial charge in [-0.15, -0.1) is 0 Å². The van der Waals surface area contributed by atoms with Crippen LogP contribution in [0, 0.1) is 0 Å². The molecule has 0 amide bonds. The Morgan fingerprint density at radius 1 is 1.50 bits per heavy atom. The summed E-state index contributed by atoms with van der Waals surface area (Å²) in [6, 6.07) is 0. The lowest BCUT2D eigenvalue weighted by Crippen LogP contribution is -2.49. The fourth-order valence-corrected chi connectivity index (χ4v) is 1.22. The first-order chi connectivity index (χ1) is 5.60. The molecule has 1 fully saturated rings. The third kappa shape index (κ3) is 1.55. The molecule has 0 bridgehead atoms. The van der Waals surface area contributed by atoms with Gasteiger partial charge in [0.15, 0.2) is 5.60 Å². The van der Waals surface area contributed by atoms with Gasteiger partial charge in [-0.25, -0.2) is 4.79 Å². The molecule has 0 unspecified atom stereocenters. The maximum Gasteiger partial charge on any atom is 0.346 e. The molecule has 0 atom stereocenters. The normalized spacial score (nSPS) is 20.3. The highest BCUT2D eigenvalue weighted by molar-refractivity contribution is 5.80. The molecule has 0 spiro atoms. The Hall–Kier alpha value is -0.710. The lowest BCUT2D eigenvalue weighted by Gasteiger charge is -2.37. The summed E-state index contributed by atoms with van der Waals surface area (Å²) in [5, 5.41) is 0. The van der Waals surface area contributed by atoms with E-state index >= 15 is 0 Å². The minimum Gasteiger partial charge on any atom is -0.467 e. The van der Waals surface area contributed by atoms with Crippen molar-refractivity contribution in [3.05, 3.63) is 0 Å². The maximum atomic E-state index is 11.8. The quantitative estimate of drug-likeness (QED) is 0.614. The predicted octanol–water partition coefficient (Wildman–Crippen LogP) is 1.32. The molecule has 1 saturated carbocycles. The number of hydrogen-bond acceptors (Lipinski definition) is 3. The first-order valence-corrected chi connectivity index (χ1v) is 3.65. The lowest BCUT2D eigenvalue weighted by molar-refractivity contribution is -0.241. The summed E-state index contributed by atoms with van der Waals surface area (Å²) in [5.74, 6) is -0.700. The molecule has 0 aromatic rings. The molecule has 0 aromatic carbocycles. The average molecular weight is 180 g/mol. The largest absolute Gasteiger partial charge is 0.467 e. The van der Waals surface area contributed by atoms with E-state index in [1.807, 2.05) is 0 Å². The van der Waals surface area contributed by atoms with Gasteiger partial charge in [-0.3, -0.25) is 0 Å². The molecular formula is C7H10F2O3. The average Bonchev–Trinajstić information content (AvgIpc) is 1.95. The van der Waals surface area contributed by atoms with E-state index in [2.05, 4.69) is 9.47 Å². The molecule has 0 radical (unpaired) electrons. The highest BCUT2D eigenvalue weighted by atomic mass is 19.3. The van der Waals surface area contributed by atoms with Gasteiger partial charge >= 0.3 is 12.6 Å². The zero-order chi connectivity index (χ0) is 9.19. The smallest absolute Gasteiger partial charge is 0.346 e. The summed E-state index contributed by atoms with van der Waals surface area (Å²) in [5.41, 5.74) is -1.36. The standard InChI is InChI=1S/C7H10F2O3/c1-11-5(10)7(3-2-4-7)12-6(8)9/h6H,2-4H2,1H3. The van der Waals surface area contributed by atoms with Crippen molar-refractivity contribution in [1.82, 2.24) is 0 Å². The van der Waals surface area contributed by atoms with Gasteiger partial charge in [-0.05, 0) is 19.3 Å². The van der Waals surface area contributed by atoms with Crippen LogP contribution < -0.4 is 0 Å². The number of ether oxygens (including phenoxy) is 2. The second kappa shape index (κ2) is 3.35. The van der Waals surface area contributed by atoms with E-state index in [0.29, 0.717) is 12.8 Å². The van der Waals surface area contributed by atoms with Crippen LogP contribution in [0.4, 0.5) is 8.78 Å². The summed E-state index contributed by atoms with van der Waals surface area (Å²) in [7, 11) is 1.16. The lowest BCUT2D eigenvalue weighted by atomic mass is 9.80. The van der Waals surface area contributed by atoms with Crippen molar-refractivity contribution >= 4 is 5.97 Å². The summed E-state index contributed by atoms with van der Waals surface area (Å²) in [6.45, 7) is -2.91. The van der Waals surface area contributed by atoms with E-state index in [0.717, 1.165) is 13.5 Å². The van der Waals surface area contributed by atoms with Gasteiger partial charge in [0, 0.05) is 0 Å². The Labute approximate surface area is 68.6 Å². The Kier molecular flexibility index (Phi) is 2.62. The van der Waals surface area contributed by atoms with Crippen molar-refractivity contribution in [1.29, 1.82) is 0 Å². The van der Waals surface area contributed by atoms with E-state index in [9.17, 15) is 13.6 Å². The van der Waals surface area contributed by atoms with Crippen molar-refractivity contribution in [3.8, 4) is 0 Å². The van der Waals surface area contributed by atoms with Gasteiger partial charge in [0.05, 0.1) is 7.11 Å². The number of halogens is 2. The first-order valence-electron chi connectivity index (χ1n) is 3.65. The van der Waals surface area contributed by atoms with Crippen LogP contribution in [-0.4, -0.2) is 25.3 Å². The molecule has 1 rings (SSSR count). The summed E-state index contributed by atoms with van der Waals surface area (Å²) < 4.78 is 32.2. The van der Waals surface area contributed by atoms with Crippen LogP contribution in [0.3, 0.4) is 0 Å². The molecule has 3 nitrogen and oxygen atoms in total. The van der Waals surface area contributed by atoms with Crippen molar-refractivity contribution in [2.45, 2.75) is 31.5 Å². The third-order valence-corrected chi connectivity index (χ3v) is 2.03. The van der Waals surface area contributed by atoms with Crippen molar-refractivity contribution < 1.29 is 23.0 Å². The molecule has 0 N–H and O–H groups in total. The maximum absolute atomic E-state index is 11.8. The number of alkyl halides is 2. The second-order valence-electron chi connectivity index (χ2n) is 2.72. The molecule has 70 valence electrons. The predicted molar refractivity (Wildman–Crippen MR) is 35.7 cm³/mol. The van der Waals surface area contributed by atoms with Gasteiger partial charge < -0.3 is 9.47 Å². The molecule has 0 saturated heterocycles.